The molecule has 2 aromatic rings. The predicted octanol–water partition coefficient (Wildman–Crippen LogP) is 3.39. The molecule has 1 aliphatic heterocycles. The number of rotatable bonds is 5. The Morgan fingerprint density at radius 1 is 1.04 bits per heavy atom. The summed E-state index contributed by atoms with van der Waals surface area (Å²) in [5.74, 6) is -1.41. The molecule has 1 heterocycles. The molecule has 27 heavy (non-hydrogen) atoms. The molecule has 5 heteroatoms. The lowest BCUT2D eigenvalue weighted by Gasteiger charge is -2.17. The number of nitrogens with zero attached hydrogens (tertiary/aromatic N) is 1. The van der Waals surface area contributed by atoms with Crippen LogP contribution in [0.3, 0.4) is 0 Å². The third-order valence-electron chi connectivity index (χ3n) is 4.98. The highest BCUT2D eigenvalue weighted by Gasteiger charge is 2.36. The van der Waals surface area contributed by atoms with E-state index in [2.05, 4.69) is 0 Å². The lowest BCUT2D eigenvalue weighted by Crippen LogP contribution is -2.27. The normalized spacial score (nSPS) is 16.5. The molecule has 1 aliphatic rings. The maximum atomic E-state index is 12.3. The van der Waals surface area contributed by atoms with Crippen molar-refractivity contribution in [3.63, 3.8) is 0 Å². The molecule has 0 bridgehead atoms. The summed E-state index contributed by atoms with van der Waals surface area (Å²) < 4.78 is 5.18. The minimum Gasteiger partial charge on any atom is -0.457 e. The highest BCUT2D eigenvalue weighted by molar-refractivity contribution is 6.01. The van der Waals surface area contributed by atoms with Gasteiger partial charge in [0.2, 0.25) is 5.91 Å². The third kappa shape index (κ3) is 4.25. The van der Waals surface area contributed by atoms with Gasteiger partial charge in [-0.25, -0.2) is 0 Å². The number of anilines is 1. The number of benzene rings is 2. The van der Waals surface area contributed by atoms with Crippen LogP contribution in [0.15, 0.2) is 42.5 Å². The second kappa shape index (κ2) is 7.74. The van der Waals surface area contributed by atoms with Crippen LogP contribution in [-0.2, 0) is 14.3 Å². The molecule has 2 aromatic carbocycles. The molecular formula is C22H23NO4. The number of ketones is 1. The Morgan fingerprint density at radius 2 is 1.74 bits per heavy atom. The van der Waals surface area contributed by atoms with E-state index in [9.17, 15) is 14.4 Å². The van der Waals surface area contributed by atoms with Crippen LogP contribution in [0.1, 0.15) is 33.5 Å². The average Bonchev–Trinajstić information content (AvgIpc) is 3.04. The topological polar surface area (TPSA) is 63.7 Å². The second-order valence-electron chi connectivity index (χ2n) is 7.07. The first-order chi connectivity index (χ1) is 12.8. The fraction of sp³-hybridized carbons (Fsp3) is 0.318. The van der Waals surface area contributed by atoms with E-state index in [1.807, 2.05) is 51.1 Å². The van der Waals surface area contributed by atoms with Crippen molar-refractivity contribution in [2.75, 3.05) is 18.1 Å². The molecule has 0 radical (unpaired) electrons. The molecule has 1 amide bonds. The number of aryl methyl sites for hydroxylation is 3. The first-order valence-corrected chi connectivity index (χ1v) is 8.99. The van der Waals surface area contributed by atoms with Crippen LogP contribution in [0.2, 0.25) is 0 Å². The Hall–Kier alpha value is -2.95. The van der Waals surface area contributed by atoms with Gasteiger partial charge < -0.3 is 9.64 Å². The maximum absolute atomic E-state index is 12.3. The molecule has 0 unspecified atom stereocenters. The van der Waals surface area contributed by atoms with Crippen molar-refractivity contribution in [1.29, 1.82) is 0 Å². The number of carbonyl (C=O) groups excluding carboxylic acids is 3. The molecule has 1 fully saturated rings. The van der Waals surface area contributed by atoms with Crippen molar-refractivity contribution in [3.8, 4) is 0 Å². The Labute approximate surface area is 158 Å². The summed E-state index contributed by atoms with van der Waals surface area (Å²) in [5.41, 5.74) is 4.59. The standard InChI is InChI=1S/C22H23NO4/c1-14-4-7-17(8-5-14)20(24)13-27-22(26)18-11-21(25)23(12-18)19-9-6-15(2)16(3)10-19/h4-10,18H,11-13H2,1-3H3/t18-/m0/s1. The highest BCUT2D eigenvalue weighted by Crippen LogP contribution is 2.27. The monoisotopic (exact) mass is 365 g/mol. The van der Waals surface area contributed by atoms with Crippen molar-refractivity contribution in [1.82, 2.24) is 0 Å². The lowest BCUT2D eigenvalue weighted by atomic mass is 10.1. The van der Waals surface area contributed by atoms with E-state index in [1.165, 1.54) is 0 Å². The van der Waals surface area contributed by atoms with Gasteiger partial charge in [-0.05, 0) is 44.0 Å². The molecule has 1 saturated heterocycles. The lowest BCUT2D eigenvalue weighted by molar-refractivity contribution is -0.147. The zero-order chi connectivity index (χ0) is 19.6. The zero-order valence-electron chi connectivity index (χ0n) is 15.8. The maximum Gasteiger partial charge on any atom is 0.311 e. The van der Waals surface area contributed by atoms with Crippen molar-refractivity contribution < 1.29 is 19.1 Å². The fourth-order valence-electron chi connectivity index (χ4n) is 3.09. The summed E-state index contributed by atoms with van der Waals surface area (Å²) in [5, 5.41) is 0. The average molecular weight is 365 g/mol. The Morgan fingerprint density at radius 3 is 2.41 bits per heavy atom. The zero-order valence-corrected chi connectivity index (χ0v) is 15.8. The molecule has 0 aromatic heterocycles. The van der Waals surface area contributed by atoms with Gasteiger partial charge in [-0.3, -0.25) is 14.4 Å². The highest BCUT2D eigenvalue weighted by atomic mass is 16.5. The van der Waals surface area contributed by atoms with Gasteiger partial charge in [-0.2, -0.15) is 0 Å². The van der Waals surface area contributed by atoms with E-state index in [0.717, 1.165) is 22.4 Å². The van der Waals surface area contributed by atoms with E-state index in [1.54, 1.807) is 17.0 Å². The van der Waals surface area contributed by atoms with Crippen molar-refractivity contribution in [2.45, 2.75) is 27.2 Å². The second-order valence-corrected chi connectivity index (χ2v) is 7.07. The van der Waals surface area contributed by atoms with Crippen LogP contribution in [0.4, 0.5) is 5.69 Å². The van der Waals surface area contributed by atoms with Crippen LogP contribution >= 0.6 is 0 Å². The number of hydrogen-bond acceptors (Lipinski definition) is 4. The van der Waals surface area contributed by atoms with Gasteiger partial charge in [0, 0.05) is 24.2 Å². The van der Waals surface area contributed by atoms with E-state index in [-0.39, 0.29) is 31.3 Å². The number of carbonyl (C=O) groups is 3. The van der Waals surface area contributed by atoms with Crippen LogP contribution < -0.4 is 4.90 Å². The molecular weight excluding hydrogens is 342 g/mol. The Bertz CT molecular complexity index is 886. The number of amides is 1. The quantitative estimate of drug-likeness (QED) is 0.602. The van der Waals surface area contributed by atoms with E-state index >= 15 is 0 Å². The first-order valence-electron chi connectivity index (χ1n) is 8.99. The number of Topliss-reactive ketones (excluding diaryl/α,β-unsaturated/α-hetero) is 1. The summed E-state index contributed by atoms with van der Waals surface area (Å²) in [6.45, 7) is 5.90. The minimum absolute atomic E-state index is 0.102. The molecule has 0 saturated carbocycles. The van der Waals surface area contributed by atoms with Crippen LogP contribution in [0.5, 0.6) is 0 Å². The van der Waals surface area contributed by atoms with Crippen molar-refractivity contribution >= 4 is 23.3 Å². The largest absolute Gasteiger partial charge is 0.457 e. The number of ether oxygens (including phenoxy) is 1. The van der Waals surface area contributed by atoms with Crippen molar-refractivity contribution in [2.24, 2.45) is 5.92 Å². The van der Waals surface area contributed by atoms with Crippen LogP contribution in [-0.4, -0.2) is 30.8 Å². The summed E-state index contributed by atoms with van der Waals surface area (Å²) in [4.78, 5) is 38.4. The summed E-state index contributed by atoms with van der Waals surface area (Å²) >= 11 is 0. The van der Waals surface area contributed by atoms with Gasteiger partial charge in [-0.1, -0.05) is 35.9 Å². The molecule has 5 nitrogen and oxygen atoms in total. The van der Waals surface area contributed by atoms with E-state index < -0.39 is 11.9 Å². The Kier molecular flexibility index (Phi) is 5.40. The molecule has 3 rings (SSSR count). The van der Waals surface area contributed by atoms with Gasteiger partial charge in [0.25, 0.3) is 0 Å². The molecule has 1 atom stereocenters. The molecule has 0 spiro atoms. The molecule has 140 valence electrons. The fourth-order valence-corrected chi connectivity index (χ4v) is 3.09. The first kappa shape index (κ1) is 18.8. The van der Waals surface area contributed by atoms with Crippen LogP contribution in [0.25, 0.3) is 0 Å². The number of hydrogen-bond donors (Lipinski definition) is 0. The van der Waals surface area contributed by atoms with Gasteiger partial charge in [-0.15, -0.1) is 0 Å². The summed E-state index contributed by atoms with van der Waals surface area (Å²) in [6.07, 6.45) is 0.102. The van der Waals surface area contributed by atoms with Crippen molar-refractivity contribution in [3.05, 3.63) is 64.7 Å². The number of esters is 1. The SMILES string of the molecule is Cc1ccc(C(=O)COC(=O)[C@H]2CC(=O)N(c3ccc(C)c(C)c3)C2)cc1. The Balaban J connectivity index is 1.59. The summed E-state index contributed by atoms with van der Waals surface area (Å²) in [6, 6.07) is 12.9. The minimum atomic E-state index is -0.551. The van der Waals surface area contributed by atoms with Gasteiger partial charge in [0.15, 0.2) is 12.4 Å². The molecule has 0 N–H and O–H groups in total. The predicted molar refractivity (Wildman–Crippen MR) is 103 cm³/mol. The molecule has 0 aliphatic carbocycles. The smallest absolute Gasteiger partial charge is 0.311 e. The van der Waals surface area contributed by atoms with Gasteiger partial charge in [0.05, 0.1) is 5.92 Å². The third-order valence-corrected chi connectivity index (χ3v) is 4.98. The van der Waals surface area contributed by atoms with E-state index in [4.69, 9.17) is 4.74 Å². The van der Waals surface area contributed by atoms with Gasteiger partial charge in [0.1, 0.15) is 0 Å². The van der Waals surface area contributed by atoms with E-state index in [0.29, 0.717) is 5.56 Å². The van der Waals surface area contributed by atoms with Crippen LogP contribution in [0, 0.1) is 26.7 Å². The summed E-state index contributed by atoms with van der Waals surface area (Å²) in [7, 11) is 0. The van der Waals surface area contributed by atoms with Gasteiger partial charge >= 0.3 is 5.97 Å².